The number of nitro groups is 1. The SMILES string of the molecule is CCC(NC(=O)CN1C(=O)COc2ccc([N+](=O)[O-])cc21)C(=O)O. The highest BCUT2D eigenvalue weighted by Gasteiger charge is 2.30. The van der Waals surface area contributed by atoms with Crippen LogP contribution in [0.2, 0.25) is 0 Å². The van der Waals surface area contributed by atoms with Crippen LogP contribution in [0.5, 0.6) is 5.75 Å². The van der Waals surface area contributed by atoms with Gasteiger partial charge in [-0.25, -0.2) is 4.79 Å². The van der Waals surface area contributed by atoms with E-state index in [1.165, 1.54) is 12.1 Å². The van der Waals surface area contributed by atoms with Gasteiger partial charge < -0.3 is 15.2 Å². The molecule has 1 atom stereocenters. The van der Waals surface area contributed by atoms with Crippen molar-refractivity contribution in [3.05, 3.63) is 28.3 Å². The normalized spacial score (nSPS) is 14.4. The molecule has 0 aliphatic carbocycles. The second kappa shape index (κ2) is 6.94. The summed E-state index contributed by atoms with van der Waals surface area (Å²) in [5.41, 5.74) is -0.159. The highest BCUT2D eigenvalue weighted by Crippen LogP contribution is 2.35. The van der Waals surface area contributed by atoms with Crippen molar-refractivity contribution in [3.63, 3.8) is 0 Å². The van der Waals surface area contributed by atoms with Crippen LogP contribution in [0.25, 0.3) is 0 Å². The number of rotatable bonds is 6. The summed E-state index contributed by atoms with van der Waals surface area (Å²) in [6.07, 6.45) is 0.181. The van der Waals surface area contributed by atoms with E-state index in [1.807, 2.05) is 0 Å². The van der Waals surface area contributed by atoms with Gasteiger partial charge in [-0.2, -0.15) is 0 Å². The molecule has 10 heteroatoms. The van der Waals surface area contributed by atoms with Gasteiger partial charge in [0.1, 0.15) is 18.3 Å². The van der Waals surface area contributed by atoms with Gasteiger partial charge in [-0.15, -0.1) is 0 Å². The van der Waals surface area contributed by atoms with Crippen LogP contribution in [0.1, 0.15) is 13.3 Å². The van der Waals surface area contributed by atoms with Gasteiger partial charge in [-0.3, -0.25) is 24.6 Å². The van der Waals surface area contributed by atoms with Crippen molar-refractivity contribution in [1.29, 1.82) is 0 Å². The first-order valence-corrected chi connectivity index (χ1v) is 7.07. The monoisotopic (exact) mass is 337 g/mol. The maximum absolute atomic E-state index is 12.0. The zero-order chi connectivity index (χ0) is 17.9. The predicted molar refractivity (Wildman–Crippen MR) is 80.8 cm³/mol. The molecule has 1 heterocycles. The molecule has 0 bridgehead atoms. The number of anilines is 1. The summed E-state index contributed by atoms with van der Waals surface area (Å²) < 4.78 is 5.18. The van der Waals surface area contributed by atoms with E-state index in [-0.39, 0.29) is 30.2 Å². The molecule has 1 aliphatic rings. The lowest BCUT2D eigenvalue weighted by Gasteiger charge is -2.29. The number of benzene rings is 1. The second-order valence-corrected chi connectivity index (χ2v) is 5.04. The number of non-ortho nitro benzene ring substituents is 1. The summed E-state index contributed by atoms with van der Waals surface area (Å²) in [5, 5.41) is 22.1. The second-order valence-electron chi connectivity index (χ2n) is 5.04. The number of ether oxygens (including phenoxy) is 1. The summed E-state index contributed by atoms with van der Waals surface area (Å²) in [5.74, 6) is -2.19. The largest absolute Gasteiger partial charge is 0.482 e. The lowest BCUT2D eigenvalue weighted by Crippen LogP contribution is -2.49. The zero-order valence-electron chi connectivity index (χ0n) is 12.7. The molecule has 1 unspecified atom stereocenters. The first-order valence-electron chi connectivity index (χ1n) is 7.07. The standard InChI is InChI=1S/C14H15N3O7/c1-2-9(14(20)21)15-12(18)6-16-10-5-8(17(22)23)3-4-11(10)24-7-13(16)19/h3-5,9H,2,6-7H2,1H3,(H,15,18)(H,20,21). The van der Waals surface area contributed by atoms with Gasteiger partial charge in [0.05, 0.1) is 10.6 Å². The molecule has 1 aromatic rings. The van der Waals surface area contributed by atoms with E-state index < -0.39 is 35.3 Å². The smallest absolute Gasteiger partial charge is 0.326 e. The molecule has 128 valence electrons. The van der Waals surface area contributed by atoms with Gasteiger partial charge >= 0.3 is 5.97 Å². The van der Waals surface area contributed by atoms with Crippen LogP contribution >= 0.6 is 0 Å². The van der Waals surface area contributed by atoms with Crippen LogP contribution in [0.4, 0.5) is 11.4 Å². The number of hydrogen-bond acceptors (Lipinski definition) is 6. The molecule has 24 heavy (non-hydrogen) atoms. The Morgan fingerprint density at radius 3 is 2.79 bits per heavy atom. The molecular formula is C14H15N3O7. The molecule has 0 spiro atoms. The summed E-state index contributed by atoms with van der Waals surface area (Å²) in [6.45, 7) is 0.825. The number of fused-ring (bicyclic) bond motifs is 1. The lowest BCUT2D eigenvalue weighted by molar-refractivity contribution is -0.384. The van der Waals surface area contributed by atoms with Crippen LogP contribution in [0, 0.1) is 10.1 Å². The van der Waals surface area contributed by atoms with Gasteiger partial charge in [0, 0.05) is 12.1 Å². The number of nitro benzene ring substituents is 1. The van der Waals surface area contributed by atoms with Gasteiger partial charge in [0.25, 0.3) is 11.6 Å². The Hall–Kier alpha value is -3.17. The predicted octanol–water partition coefficient (Wildman–Crippen LogP) is 0.300. The topological polar surface area (TPSA) is 139 Å². The molecule has 2 N–H and O–H groups in total. The molecular weight excluding hydrogens is 322 g/mol. The van der Waals surface area contributed by atoms with Crippen LogP contribution < -0.4 is 15.0 Å². The quantitative estimate of drug-likeness (QED) is 0.562. The molecule has 2 rings (SSSR count). The van der Waals surface area contributed by atoms with E-state index in [2.05, 4.69) is 5.32 Å². The Morgan fingerprint density at radius 2 is 2.21 bits per heavy atom. The molecule has 1 aromatic carbocycles. The summed E-state index contributed by atoms with van der Waals surface area (Å²) in [7, 11) is 0. The van der Waals surface area contributed by atoms with Crippen molar-refractivity contribution in [3.8, 4) is 5.75 Å². The number of nitrogens with zero attached hydrogens (tertiary/aromatic N) is 2. The maximum atomic E-state index is 12.0. The minimum Gasteiger partial charge on any atom is -0.482 e. The van der Waals surface area contributed by atoms with Crippen LogP contribution in [-0.4, -0.2) is 47.0 Å². The van der Waals surface area contributed by atoms with Gasteiger partial charge in [-0.05, 0) is 12.5 Å². The van der Waals surface area contributed by atoms with Gasteiger partial charge in [0.15, 0.2) is 6.61 Å². The van der Waals surface area contributed by atoms with Crippen molar-refractivity contribution in [2.45, 2.75) is 19.4 Å². The van der Waals surface area contributed by atoms with Gasteiger partial charge in [-0.1, -0.05) is 6.92 Å². The minimum atomic E-state index is -1.19. The highest BCUT2D eigenvalue weighted by atomic mass is 16.6. The van der Waals surface area contributed by atoms with E-state index >= 15 is 0 Å². The van der Waals surface area contributed by atoms with Crippen molar-refractivity contribution in [1.82, 2.24) is 5.32 Å². The molecule has 0 saturated carbocycles. The van der Waals surface area contributed by atoms with E-state index in [9.17, 15) is 24.5 Å². The lowest BCUT2D eigenvalue weighted by atomic mass is 10.2. The summed E-state index contributed by atoms with van der Waals surface area (Å²) in [4.78, 5) is 46.2. The van der Waals surface area contributed by atoms with Gasteiger partial charge in [0.2, 0.25) is 5.91 Å². The van der Waals surface area contributed by atoms with E-state index in [4.69, 9.17) is 9.84 Å². The number of carbonyl (C=O) groups is 3. The molecule has 2 amide bonds. The van der Waals surface area contributed by atoms with Crippen molar-refractivity contribution >= 4 is 29.2 Å². The molecule has 1 aliphatic heterocycles. The number of hydrogen-bond donors (Lipinski definition) is 2. The highest BCUT2D eigenvalue weighted by molar-refractivity contribution is 6.02. The third-order valence-electron chi connectivity index (χ3n) is 3.44. The molecule has 0 fully saturated rings. The Balaban J connectivity index is 2.23. The Bertz CT molecular complexity index is 704. The minimum absolute atomic E-state index is 0.0963. The number of aliphatic carboxylic acids is 1. The molecule has 0 saturated heterocycles. The number of carbonyl (C=O) groups excluding carboxylic acids is 2. The Labute approximate surface area is 136 Å². The number of carboxylic acid groups (broad SMARTS) is 1. The average Bonchev–Trinajstić information content (AvgIpc) is 2.54. The first-order chi connectivity index (χ1) is 11.3. The van der Waals surface area contributed by atoms with Crippen LogP contribution in [0.3, 0.4) is 0 Å². The number of nitrogens with one attached hydrogen (secondary N) is 1. The third kappa shape index (κ3) is 3.59. The average molecular weight is 337 g/mol. The van der Waals surface area contributed by atoms with E-state index in [0.29, 0.717) is 0 Å². The zero-order valence-corrected chi connectivity index (χ0v) is 12.7. The molecule has 0 radical (unpaired) electrons. The van der Waals surface area contributed by atoms with Crippen molar-refractivity contribution in [2.75, 3.05) is 18.1 Å². The fourth-order valence-corrected chi connectivity index (χ4v) is 2.20. The third-order valence-corrected chi connectivity index (χ3v) is 3.44. The van der Waals surface area contributed by atoms with Crippen molar-refractivity contribution < 1.29 is 29.2 Å². The van der Waals surface area contributed by atoms with Crippen LogP contribution in [0.15, 0.2) is 18.2 Å². The van der Waals surface area contributed by atoms with E-state index in [1.54, 1.807) is 6.92 Å². The maximum Gasteiger partial charge on any atom is 0.326 e. The fourth-order valence-electron chi connectivity index (χ4n) is 2.20. The van der Waals surface area contributed by atoms with E-state index in [0.717, 1.165) is 11.0 Å². The number of carboxylic acids is 1. The van der Waals surface area contributed by atoms with Crippen LogP contribution in [-0.2, 0) is 14.4 Å². The Kier molecular flexibility index (Phi) is 4.97. The first kappa shape index (κ1) is 17.2. The number of amides is 2. The summed E-state index contributed by atoms with van der Waals surface area (Å²) in [6, 6.07) is 2.63. The molecule has 0 aromatic heterocycles. The Morgan fingerprint density at radius 1 is 1.50 bits per heavy atom. The fraction of sp³-hybridized carbons (Fsp3) is 0.357. The van der Waals surface area contributed by atoms with Crippen molar-refractivity contribution in [2.24, 2.45) is 0 Å². The summed E-state index contributed by atoms with van der Waals surface area (Å²) >= 11 is 0. The molecule has 10 nitrogen and oxygen atoms in total.